The van der Waals surface area contributed by atoms with E-state index in [1.807, 2.05) is 0 Å². The highest BCUT2D eigenvalue weighted by Gasteiger charge is 2.29. The summed E-state index contributed by atoms with van der Waals surface area (Å²) in [6.45, 7) is 6.91. The van der Waals surface area contributed by atoms with Gasteiger partial charge in [0.05, 0.1) is 0 Å². The zero-order valence-corrected chi connectivity index (χ0v) is 14.1. The van der Waals surface area contributed by atoms with Crippen LogP contribution in [-0.4, -0.2) is 18.6 Å². The van der Waals surface area contributed by atoms with Gasteiger partial charge in [-0.1, -0.05) is 35.8 Å². The van der Waals surface area contributed by atoms with Gasteiger partial charge in [-0.3, -0.25) is 0 Å². The van der Waals surface area contributed by atoms with E-state index in [-0.39, 0.29) is 0 Å². The first-order chi connectivity index (χ1) is 9.65. The summed E-state index contributed by atoms with van der Waals surface area (Å²) in [5.74, 6) is 0.723. The van der Waals surface area contributed by atoms with E-state index < -0.39 is 0 Å². The normalized spacial score (nSPS) is 22.8. The molecule has 0 aromatic heterocycles. The van der Waals surface area contributed by atoms with Crippen molar-refractivity contribution in [2.45, 2.75) is 58.2 Å². The molecule has 1 saturated carbocycles. The molecule has 1 unspecified atom stereocenters. The van der Waals surface area contributed by atoms with Crippen molar-refractivity contribution in [3.05, 3.63) is 28.2 Å². The quantitative estimate of drug-likeness (QED) is 0.860. The third-order valence-corrected chi connectivity index (χ3v) is 5.08. The first kappa shape index (κ1) is 14.4. The molecule has 2 aliphatic rings. The Balaban J connectivity index is 1.83. The summed E-state index contributed by atoms with van der Waals surface area (Å²) in [4.78, 5) is 2.64. The fourth-order valence-corrected chi connectivity index (χ4v) is 3.63. The van der Waals surface area contributed by atoms with Gasteiger partial charge in [-0.25, -0.2) is 0 Å². The van der Waals surface area contributed by atoms with Crippen molar-refractivity contribution in [1.82, 2.24) is 5.32 Å². The maximum Gasteiger partial charge on any atom is 0.0425 e. The lowest BCUT2D eigenvalue weighted by molar-refractivity contribution is 0.490. The van der Waals surface area contributed by atoms with Crippen LogP contribution < -0.4 is 10.2 Å². The standard InChI is InChI=1S/C17H25BrN2/c1-12(2)16-4-3-9-20(16)17-10-14(18)6-5-13(17)11-19-15-7-8-15/h5-6,10,12,15-16,19H,3-4,7-9,11H2,1-2H3. The molecular formula is C17H25BrN2. The minimum atomic E-state index is 0.698. The van der Waals surface area contributed by atoms with Crippen molar-refractivity contribution in [2.75, 3.05) is 11.4 Å². The highest BCUT2D eigenvalue weighted by atomic mass is 79.9. The number of halogens is 1. The molecule has 0 spiro atoms. The number of hydrogen-bond donors (Lipinski definition) is 1. The zero-order valence-electron chi connectivity index (χ0n) is 12.5. The van der Waals surface area contributed by atoms with Crippen LogP contribution in [0.15, 0.2) is 22.7 Å². The molecule has 2 fully saturated rings. The highest BCUT2D eigenvalue weighted by Crippen LogP contribution is 2.34. The van der Waals surface area contributed by atoms with Gasteiger partial charge in [0, 0.05) is 35.3 Å². The Morgan fingerprint density at radius 2 is 2.10 bits per heavy atom. The first-order valence-corrected chi connectivity index (χ1v) is 8.73. The molecule has 1 aromatic rings. The van der Waals surface area contributed by atoms with Crippen LogP contribution >= 0.6 is 15.9 Å². The average Bonchev–Trinajstić information content (AvgIpc) is 3.11. The number of nitrogens with one attached hydrogen (secondary N) is 1. The molecule has 1 atom stereocenters. The first-order valence-electron chi connectivity index (χ1n) is 7.93. The summed E-state index contributed by atoms with van der Waals surface area (Å²) < 4.78 is 1.19. The summed E-state index contributed by atoms with van der Waals surface area (Å²) in [7, 11) is 0. The predicted molar refractivity (Wildman–Crippen MR) is 89.2 cm³/mol. The smallest absolute Gasteiger partial charge is 0.0425 e. The van der Waals surface area contributed by atoms with Crippen molar-refractivity contribution in [3.63, 3.8) is 0 Å². The van der Waals surface area contributed by atoms with Gasteiger partial charge in [0.25, 0.3) is 0 Å². The second-order valence-electron chi connectivity index (χ2n) is 6.58. The van der Waals surface area contributed by atoms with E-state index in [4.69, 9.17) is 0 Å². The molecule has 110 valence electrons. The Bertz CT molecular complexity index is 468. The number of benzene rings is 1. The number of hydrogen-bond acceptors (Lipinski definition) is 2. The number of nitrogens with zero attached hydrogens (tertiary/aromatic N) is 1. The summed E-state index contributed by atoms with van der Waals surface area (Å²) in [5, 5.41) is 3.66. The van der Waals surface area contributed by atoms with Crippen LogP contribution in [0.1, 0.15) is 45.1 Å². The maximum absolute atomic E-state index is 3.66. The largest absolute Gasteiger partial charge is 0.368 e. The van der Waals surface area contributed by atoms with Crippen molar-refractivity contribution < 1.29 is 0 Å². The summed E-state index contributed by atoms with van der Waals surface area (Å²) in [6, 6.07) is 8.23. The lowest BCUT2D eigenvalue weighted by Gasteiger charge is -2.31. The predicted octanol–water partition coefficient (Wildman–Crippen LogP) is 4.33. The third-order valence-electron chi connectivity index (χ3n) is 4.58. The lowest BCUT2D eigenvalue weighted by Crippen LogP contribution is -2.34. The second-order valence-corrected chi connectivity index (χ2v) is 7.49. The van der Waals surface area contributed by atoms with Gasteiger partial charge in [0.2, 0.25) is 0 Å². The molecule has 2 nitrogen and oxygen atoms in total. The molecule has 1 saturated heterocycles. The molecule has 1 aliphatic carbocycles. The van der Waals surface area contributed by atoms with Crippen molar-refractivity contribution >= 4 is 21.6 Å². The molecular weight excluding hydrogens is 312 g/mol. The van der Waals surface area contributed by atoms with Gasteiger partial charge in [-0.05, 0) is 49.3 Å². The van der Waals surface area contributed by atoms with E-state index in [0.29, 0.717) is 6.04 Å². The van der Waals surface area contributed by atoms with Crippen LogP contribution in [0.2, 0.25) is 0 Å². The van der Waals surface area contributed by atoms with E-state index in [1.165, 1.54) is 48.0 Å². The Hall–Kier alpha value is -0.540. The molecule has 0 amide bonds. The molecule has 1 aliphatic heterocycles. The van der Waals surface area contributed by atoms with E-state index in [0.717, 1.165) is 18.5 Å². The second kappa shape index (κ2) is 6.07. The Labute approximate surface area is 131 Å². The van der Waals surface area contributed by atoms with Crippen LogP contribution in [0.4, 0.5) is 5.69 Å². The van der Waals surface area contributed by atoms with Gasteiger partial charge in [0.1, 0.15) is 0 Å². The fraction of sp³-hybridized carbons (Fsp3) is 0.647. The Morgan fingerprint density at radius 1 is 1.30 bits per heavy atom. The van der Waals surface area contributed by atoms with Crippen molar-refractivity contribution in [2.24, 2.45) is 5.92 Å². The Morgan fingerprint density at radius 3 is 2.80 bits per heavy atom. The highest BCUT2D eigenvalue weighted by molar-refractivity contribution is 9.10. The molecule has 1 aromatic carbocycles. The average molecular weight is 337 g/mol. The van der Waals surface area contributed by atoms with Crippen LogP contribution in [0, 0.1) is 5.92 Å². The molecule has 20 heavy (non-hydrogen) atoms. The molecule has 1 N–H and O–H groups in total. The monoisotopic (exact) mass is 336 g/mol. The molecule has 3 rings (SSSR count). The SMILES string of the molecule is CC(C)C1CCCN1c1cc(Br)ccc1CNC1CC1. The summed E-state index contributed by atoms with van der Waals surface area (Å²) in [5.41, 5.74) is 2.89. The molecule has 1 heterocycles. The fourth-order valence-electron chi connectivity index (χ4n) is 3.28. The Kier molecular flexibility index (Phi) is 4.37. The van der Waals surface area contributed by atoms with Crippen LogP contribution in [0.25, 0.3) is 0 Å². The zero-order chi connectivity index (χ0) is 14.1. The van der Waals surface area contributed by atoms with Crippen molar-refractivity contribution in [1.29, 1.82) is 0 Å². The number of anilines is 1. The van der Waals surface area contributed by atoms with E-state index in [2.05, 4.69) is 58.2 Å². The van der Waals surface area contributed by atoms with Gasteiger partial charge in [-0.15, -0.1) is 0 Å². The van der Waals surface area contributed by atoms with Gasteiger partial charge in [0.15, 0.2) is 0 Å². The van der Waals surface area contributed by atoms with Gasteiger partial charge in [-0.2, -0.15) is 0 Å². The molecule has 0 radical (unpaired) electrons. The lowest BCUT2D eigenvalue weighted by atomic mass is 10.0. The maximum atomic E-state index is 3.66. The van der Waals surface area contributed by atoms with Crippen LogP contribution in [0.3, 0.4) is 0 Å². The van der Waals surface area contributed by atoms with Gasteiger partial charge < -0.3 is 10.2 Å². The van der Waals surface area contributed by atoms with Crippen LogP contribution in [-0.2, 0) is 6.54 Å². The topological polar surface area (TPSA) is 15.3 Å². The van der Waals surface area contributed by atoms with E-state index >= 15 is 0 Å². The van der Waals surface area contributed by atoms with E-state index in [9.17, 15) is 0 Å². The molecule has 0 bridgehead atoms. The molecule has 3 heteroatoms. The number of rotatable bonds is 5. The van der Waals surface area contributed by atoms with Crippen molar-refractivity contribution in [3.8, 4) is 0 Å². The minimum absolute atomic E-state index is 0.698. The summed E-state index contributed by atoms with van der Waals surface area (Å²) in [6.07, 6.45) is 5.36. The minimum Gasteiger partial charge on any atom is -0.368 e. The summed E-state index contributed by atoms with van der Waals surface area (Å²) >= 11 is 3.65. The van der Waals surface area contributed by atoms with Gasteiger partial charge >= 0.3 is 0 Å². The van der Waals surface area contributed by atoms with Crippen LogP contribution in [0.5, 0.6) is 0 Å². The third kappa shape index (κ3) is 3.20. The van der Waals surface area contributed by atoms with E-state index in [1.54, 1.807) is 0 Å².